The van der Waals surface area contributed by atoms with E-state index >= 15 is 0 Å². The standard InChI is InChI=1S/2C13H23NO5.Ni/c2*1-12(2)6-8(7-13(3,4)14-12)19-9(11(17)18)5-10(15)16;/h2*8-9,14H,5-7H2,1-4H3,(H,15,16)(H,17,18);. The van der Waals surface area contributed by atoms with Crippen molar-refractivity contribution < 1.29 is 65.6 Å². The number of nitrogens with one attached hydrogen (secondary N) is 2. The Labute approximate surface area is 240 Å². The predicted octanol–water partition coefficient (Wildman–Crippen LogP) is 2.48. The number of ether oxygens (including phenoxy) is 2. The van der Waals surface area contributed by atoms with Crippen LogP contribution in [0.1, 0.15) is 93.9 Å². The molecule has 6 N–H and O–H groups in total. The van der Waals surface area contributed by atoms with Crippen molar-refractivity contribution in [3.8, 4) is 0 Å². The number of hydrogen-bond acceptors (Lipinski definition) is 8. The zero-order valence-corrected chi connectivity index (χ0v) is 25.1. The molecule has 13 heteroatoms. The summed E-state index contributed by atoms with van der Waals surface area (Å²) < 4.78 is 11.0. The van der Waals surface area contributed by atoms with Gasteiger partial charge in [-0.3, -0.25) is 9.59 Å². The molecule has 230 valence electrons. The van der Waals surface area contributed by atoms with Crippen LogP contribution >= 0.6 is 0 Å². The normalized spacial score (nSPS) is 23.2. The Morgan fingerprint density at radius 3 is 1.03 bits per heavy atom. The van der Waals surface area contributed by atoms with Crippen LogP contribution < -0.4 is 10.6 Å². The summed E-state index contributed by atoms with van der Waals surface area (Å²) in [4.78, 5) is 43.4. The fraction of sp³-hybridized carbons (Fsp3) is 0.846. The molecule has 2 saturated heterocycles. The molecule has 0 aromatic carbocycles. The van der Waals surface area contributed by atoms with E-state index in [1.807, 2.05) is 55.4 Å². The van der Waals surface area contributed by atoms with Gasteiger partial charge in [0.2, 0.25) is 0 Å². The van der Waals surface area contributed by atoms with Gasteiger partial charge >= 0.3 is 23.9 Å². The molecule has 39 heavy (non-hydrogen) atoms. The Hall–Kier alpha value is -1.79. The van der Waals surface area contributed by atoms with Crippen molar-refractivity contribution >= 4 is 23.9 Å². The van der Waals surface area contributed by atoms with Crippen LogP contribution in [0.3, 0.4) is 0 Å². The number of carboxylic acids is 4. The number of carboxylic acid groups (broad SMARTS) is 4. The van der Waals surface area contributed by atoms with Crippen LogP contribution in [-0.2, 0) is 45.1 Å². The van der Waals surface area contributed by atoms with Crippen molar-refractivity contribution in [2.24, 2.45) is 0 Å². The van der Waals surface area contributed by atoms with E-state index in [2.05, 4.69) is 10.6 Å². The second-order valence-electron chi connectivity index (χ2n) is 13.0. The van der Waals surface area contributed by atoms with Crippen molar-refractivity contribution in [2.45, 2.75) is 140 Å². The molecule has 0 saturated carbocycles. The fourth-order valence-corrected chi connectivity index (χ4v) is 5.82. The molecular formula is C26H46N2NiO10. The maximum atomic E-state index is 11.0. The summed E-state index contributed by atoms with van der Waals surface area (Å²) in [5, 5.41) is 42.4. The predicted molar refractivity (Wildman–Crippen MR) is 138 cm³/mol. The Kier molecular flexibility index (Phi) is 13.6. The van der Waals surface area contributed by atoms with Gasteiger partial charge in [0.05, 0.1) is 25.0 Å². The van der Waals surface area contributed by atoms with E-state index in [0.717, 1.165) is 0 Å². The monoisotopic (exact) mass is 604 g/mol. The molecule has 0 radical (unpaired) electrons. The third-order valence-corrected chi connectivity index (χ3v) is 6.29. The van der Waals surface area contributed by atoms with Crippen molar-refractivity contribution in [3.63, 3.8) is 0 Å². The first-order valence-electron chi connectivity index (χ1n) is 12.8. The summed E-state index contributed by atoms with van der Waals surface area (Å²) in [6.07, 6.45) is -1.50. The average molecular weight is 605 g/mol. The van der Waals surface area contributed by atoms with E-state index in [0.29, 0.717) is 25.7 Å². The zero-order valence-electron chi connectivity index (χ0n) is 24.1. The largest absolute Gasteiger partial charge is 0.481 e. The average Bonchev–Trinajstić information content (AvgIpc) is 2.61. The Balaban J connectivity index is 0.000000722. The van der Waals surface area contributed by atoms with Crippen LogP contribution in [0.4, 0.5) is 0 Å². The molecule has 2 heterocycles. The SMILES string of the molecule is CC1(C)CC(OC(CC(=O)O)C(=O)O)CC(C)(C)N1.CC1(C)CC(OC(CC(=O)O)C(=O)O)CC(C)(C)N1.[Ni]. The first kappa shape index (κ1) is 37.2. The molecular weight excluding hydrogens is 559 g/mol. The van der Waals surface area contributed by atoms with Gasteiger partial charge < -0.3 is 40.5 Å². The number of hydrogen-bond donors (Lipinski definition) is 6. The van der Waals surface area contributed by atoms with E-state index < -0.39 is 48.9 Å². The number of carbonyl (C=O) groups is 4. The zero-order chi connectivity index (χ0) is 29.7. The van der Waals surface area contributed by atoms with E-state index in [-0.39, 0.29) is 50.9 Å². The summed E-state index contributed by atoms with van der Waals surface area (Å²) in [5.41, 5.74) is -0.672. The van der Waals surface area contributed by atoms with Crippen LogP contribution in [0, 0.1) is 0 Å². The summed E-state index contributed by atoms with van der Waals surface area (Å²) in [6.45, 7) is 16.2. The van der Waals surface area contributed by atoms with Crippen molar-refractivity contribution in [1.29, 1.82) is 0 Å². The topological polar surface area (TPSA) is 192 Å². The third kappa shape index (κ3) is 14.4. The summed E-state index contributed by atoms with van der Waals surface area (Å²) in [5.74, 6) is -4.78. The summed E-state index contributed by atoms with van der Waals surface area (Å²) >= 11 is 0. The molecule has 2 aliphatic heterocycles. The number of piperidine rings is 2. The molecule has 2 rings (SSSR count). The van der Waals surface area contributed by atoms with Gasteiger partial charge in [-0.05, 0) is 81.1 Å². The molecule has 0 aromatic rings. The quantitative estimate of drug-likeness (QED) is 0.200. The molecule has 2 atom stereocenters. The molecule has 0 aliphatic carbocycles. The second-order valence-corrected chi connectivity index (χ2v) is 13.0. The van der Waals surface area contributed by atoms with E-state index in [9.17, 15) is 19.2 Å². The van der Waals surface area contributed by atoms with Gasteiger partial charge in [0, 0.05) is 38.6 Å². The Morgan fingerprint density at radius 1 is 0.615 bits per heavy atom. The minimum atomic E-state index is -1.29. The molecule has 2 unspecified atom stereocenters. The Bertz CT molecular complexity index is 773. The van der Waals surface area contributed by atoms with Gasteiger partial charge in [-0.2, -0.15) is 0 Å². The molecule has 0 amide bonds. The maximum Gasteiger partial charge on any atom is 0.333 e. The summed E-state index contributed by atoms with van der Waals surface area (Å²) in [7, 11) is 0. The Morgan fingerprint density at radius 2 is 0.846 bits per heavy atom. The van der Waals surface area contributed by atoms with Gasteiger partial charge in [-0.25, -0.2) is 9.59 Å². The van der Waals surface area contributed by atoms with Gasteiger partial charge in [-0.1, -0.05) is 0 Å². The molecule has 12 nitrogen and oxygen atoms in total. The van der Waals surface area contributed by atoms with Gasteiger partial charge in [0.25, 0.3) is 0 Å². The van der Waals surface area contributed by atoms with Crippen LogP contribution in [0.5, 0.6) is 0 Å². The number of rotatable bonds is 10. The van der Waals surface area contributed by atoms with Crippen molar-refractivity contribution in [1.82, 2.24) is 10.6 Å². The van der Waals surface area contributed by atoms with E-state index in [4.69, 9.17) is 29.9 Å². The van der Waals surface area contributed by atoms with Crippen LogP contribution in [0.2, 0.25) is 0 Å². The van der Waals surface area contributed by atoms with Gasteiger partial charge in [0.15, 0.2) is 12.2 Å². The first-order chi connectivity index (χ1) is 17.0. The minimum absolute atomic E-state index is 0. The fourth-order valence-electron chi connectivity index (χ4n) is 5.82. The van der Waals surface area contributed by atoms with Crippen LogP contribution in [0.15, 0.2) is 0 Å². The minimum Gasteiger partial charge on any atom is -0.481 e. The molecule has 2 fully saturated rings. The van der Waals surface area contributed by atoms with E-state index in [1.54, 1.807) is 0 Å². The van der Waals surface area contributed by atoms with Gasteiger partial charge in [-0.15, -0.1) is 0 Å². The first-order valence-corrected chi connectivity index (χ1v) is 12.8. The van der Waals surface area contributed by atoms with Crippen LogP contribution in [0.25, 0.3) is 0 Å². The second kappa shape index (κ2) is 14.2. The third-order valence-electron chi connectivity index (χ3n) is 6.29. The molecule has 2 aliphatic rings. The van der Waals surface area contributed by atoms with Crippen molar-refractivity contribution in [3.05, 3.63) is 0 Å². The molecule has 0 spiro atoms. The maximum absolute atomic E-state index is 11.0. The van der Waals surface area contributed by atoms with E-state index in [1.165, 1.54) is 0 Å². The van der Waals surface area contributed by atoms with Crippen LogP contribution in [-0.4, -0.2) is 90.9 Å². The summed E-state index contributed by atoms with van der Waals surface area (Å²) in [6, 6.07) is 0. The number of aliphatic carboxylic acids is 4. The van der Waals surface area contributed by atoms with Crippen molar-refractivity contribution in [2.75, 3.05) is 0 Å². The molecule has 0 bridgehead atoms. The smallest absolute Gasteiger partial charge is 0.333 e. The molecule has 0 aromatic heterocycles. The van der Waals surface area contributed by atoms with Gasteiger partial charge in [0.1, 0.15) is 0 Å².